The van der Waals surface area contributed by atoms with Gasteiger partial charge in [-0.25, -0.2) is 0 Å². The Bertz CT molecular complexity index is 984. The summed E-state index contributed by atoms with van der Waals surface area (Å²) in [7, 11) is 7.25. The maximum atomic E-state index is 12.5. The first-order valence-corrected chi connectivity index (χ1v) is 9.18. The molecule has 0 bridgehead atoms. The Morgan fingerprint density at radius 3 is 2.79 bits per heavy atom. The van der Waals surface area contributed by atoms with Crippen molar-refractivity contribution in [1.29, 1.82) is 0 Å². The number of carbonyl (C=O) groups is 1. The molecule has 9 nitrogen and oxygen atoms in total. The number of methoxy groups -OCH3 is 1. The lowest BCUT2D eigenvalue weighted by Gasteiger charge is -2.13. The van der Waals surface area contributed by atoms with Gasteiger partial charge in [-0.3, -0.25) is 9.48 Å². The van der Waals surface area contributed by atoms with Gasteiger partial charge < -0.3 is 20.3 Å². The van der Waals surface area contributed by atoms with Crippen LogP contribution in [-0.4, -0.2) is 60.2 Å². The lowest BCUT2D eigenvalue weighted by atomic mass is 10.1. The van der Waals surface area contributed by atoms with Crippen molar-refractivity contribution in [3.05, 3.63) is 48.3 Å². The Morgan fingerprint density at radius 1 is 1.21 bits per heavy atom. The second kappa shape index (κ2) is 9.05. The number of rotatable bonds is 8. The van der Waals surface area contributed by atoms with E-state index in [1.54, 1.807) is 31.1 Å². The number of benzene rings is 1. The molecule has 0 aliphatic rings. The Balaban J connectivity index is 1.57. The summed E-state index contributed by atoms with van der Waals surface area (Å²) in [5.74, 6) is 1.21. The molecule has 1 aromatic carbocycles. The highest BCUT2D eigenvalue weighted by Crippen LogP contribution is 2.23. The molecule has 0 atom stereocenters. The fourth-order valence-electron chi connectivity index (χ4n) is 2.75. The van der Waals surface area contributed by atoms with Crippen LogP contribution in [0.1, 0.15) is 10.5 Å². The van der Waals surface area contributed by atoms with E-state index < -0.39 is 0 Å². The molecule has 0 aliphatic heterocycles. The summed E-state index contributed by atoms with van der Waals surface area (Å²) in [6.45, 7) is 0.963. The normalized spacial score (nSPS) is 10.5. The minimum Gasteiger partial charge on any atom is -0.497 e. The molecule has 29 heavy (non-hydrogen) atoms. The Labute approximate surface area is 169 Å². The van der Waals surface area contributed by atoms with Crippen molar-refractivity contribution in [2.45, 2.75) is 0 Å². The number of aromatic nitrogens is 4. The van der Waals surface area contributed by atoms with E-state index in [-0.39, 0.29) is 5.91 Å². The number of nitrogens with zero attached hydrogens (tertiary/aromatic N) is 5. The zero-order valence-corrected chi connectivity index (χ0v) is 17.0. The molecule has 0 saturated heterocycles. The summed E-state index contributed by atoms with van der Waals surface area (Å²) in [5, 5.41) is 18.5. The predicted octanol–water partition coefficient (Wildman–Crippen LogP) is 1.79. The van der Waals surface area contributed by atoms with Gasteiger partial charge in [0.25, 0.3) is 5.91 Å². The second-order valence-electron chi connectivity index (χ2n) is 6.65. The van der Waals surface area contributed by atoms with E-state index in [2.05, 4.69) is 25.9 Å². The molecule has 0 spiro atoms. The van der Waals surface area contributed by atoms with Crippen molar-refractivity contribution in [3.63, 3.8) is 0 Å². The number of ether oxygens (including phenoxy) is 1. The Kier molecular flexibility index (Phi) is 6.28. The first-order valence-electron chi connectivity index (χ1n) is 9.18. The van der Waals surface area contributed by atoms with Crippen molar-refractivity contribution in [3.8, 4) is 17.0 Å². The highest BCUT2D eigenvalue weighted by molar-refractivity contribution is 5.93. The summed E-state index contributed by atoms with van der Waals surface area (Å²) in [6, 6.07) is 11.2. The van der Waals surface area contributed by atoms with E-state index >= 15 is 0 Å². The molecule has 152 valence electrons. The molecule has 2 N–H and O–H groups in total. The number of hydrogen-bond donors (Lipinski definition) is 2. The lowest BCUT2D eigenvalue weighted by Crippen LogP contribution is -2.30. The van der Waals surface area contributed by atoms with E-state index in [9.17, 15) is 4.79 Å². The highest BCUT2D eigenvalue weighted by atomic mass is 16.5. The molecular formula is C20H25N7O2. The number of carbonyl (C=O) groups excluding carboxylic acids is 1. The number of anilines is 2. The van der Waals surface area contributed by atoms with Gasteiger partial charge in [0.05, 0.1) is 24.7 Å². The summed E-state index contributed by atoms with van der Waals surface area (Å²) < 4.78 is 6.82. The lowest BCUT2D eigenvalue weighted by molar-refractivity contribution is 0.0946. The number of amides is 1. The van der Waals surface area contributed by atoms with Crippen LogP contribution in [0.25, 0.3) is 11.3 Å². The minimum absolute atomic E-state index is 0.191. The zero-order valence-electron chi connectivity index (χ0n) is 17.0. The molecule has 0 aliphatic carbocycles. The summed E-state index contributed by atoms with van der Waals surface area (Å²) >= 11 is 0. The molecule has 9 heteroatoms. The first kappa shape index (κ1) is 20.1. The molecule has 3 rings (SSSR count). The number of hydrogen-bond acceptors (Lipinski definition) is 7. The van der Waals surface area contributed by atoms with Crippen molar-refractivity contribution >= 4 is 17.4 Å². The maximum Gasteiger partial charge on any atom is 0.269 e. The predicted molar refractivity (Wildman–Crippen MR) is 112 cm³/mol. The molecule has 2 heterocycles. The third-order valence-electron chi connectivity index (χ3n) is 4.35. The number of aryl methyl sites for hydroxylation is 1. The van der Waals surface area contributed by atoms with Crippen LogP contribution in [0.2, 0.25) is 0 Å². The minimum atomic E-state index is -0.191. The Morgan fingerprint density at radius 2 is 2.03 bits per heavy atom. The maximum absolute atomic E-state index is 12.5. The average molecular weight is 395 g/mol. The van der Waals surface area contributed by atoms with Gasteiger partial charge in [-0.2, -0.15) is 10.2 Å². The molecule has 3 aromatic rings. The molecule has 0 fully saturated rings. The monoisotopic (exact) mass is 395 g/mol. The topological polar surface area (TPSA) is 97.2 Å². The van der Waals surface area contributed by atoms with Crippen molar-refractivity contribution < 1.29 is 9.53 Å². The fourth-order valence-corrected chi connectivity index (χ4v) is 2.75. The quantitative estimate of drug-likeness (QED) is 0.561. The van der Waals surface area contributed by atoms with Crippen molar-refractivity contribution in [2.75, 3.05) is 44.5 Å². The van der Waals surface area contributed by atoms with Crippen LogP contribution in [0, 0.1) is 0 Å². The van der Waals surface area contributed by atoms with Crippen LogP contribution in [0.5, 0.6) is 5.75 Å². The summed E-state index contributed by atoms with van der Waals surface area (Å²) in [4.78, 5) is 14.5. The van der Waals surface area contributed by atoms with Gasteiger partial charge in [0.2, 0.25) is 0 Å². The second-order valence-corrected chi connectivity index (χ2v) is 6.65. The van der Waals surface area contributed by atoms with Crippen LogP contribution in [-0.2, 0) is 7.05 Å². The third kappa shape index (κ3) is 5.01. The van der Waals surface area contributed by atoms with E-state index in [1.165, 1.54) is 0 Å². The molecule has 0 radical (unpaired) electrons. The van der Waals surface area contributed by atoms with E-state index in [1.807, 2.05) is 49.3 Å². The Hall–Kier alpha value is -3.62. The van der Waals surface area contributed by atoms with E-state index in [0.29, 0.717) is 30.3 Å². The van der Waals surface area contributed by atoms with Crippen LogP contribution in [0.4, 0.5) is 11.5 Å². The standard InChI is InChI=1S/C20H25N7O2/c1-26(2)15-11-19(24-23-13-15)21-8-9-22-20(28)18-12-17(25-27(18)3)14-6-5-7-16(10-14)29-4/h5-7,10-13H,8-9H2,1-4H3,(H,21,24)(H,22,28). The highest BCUT2D eigenvalue weighted by Gasteiger charge is 2.14. The molecule has 1 amide bonds. The van der Waals surface area contributed by atoms with E-state index in [4.69, 9.17) is 4.74 Å². The van der Waals surface area contributed by atoms with Crippen molar-refractivity contribution in [1.82, 2.24) is 25.3 Å². The average Bonchev–Trinajstić information content (AvgIpc) is 3.13. The van der Waals surface area contributed by atoms with Gasteiger partial charge in [-0.1, -0.05) is 12.1 Å². The SMILES string of the molecule is COc1cccc(-c2cc(C(=O)NCCNc3cc(N(C)C)cnn3)n(C)n2)c1. The first-order chi connectivity index (χ1) is 14.0. The largest absolute Gasteiger partial charge is 0.497 e. The van der Waals surface area contributed by atoms with Crippen molar-refractivity contribution in [2.24, 2.45) is 7.05 Å². The van der Waals surface area contributed by atoms with Gasteiger partial charge in [0.15, 0.2) is 5.82 Å². The van der Waals surface area contributed by atoms with Crippen LogP contribution < -0.4 is 20.3 Å². The fraction of sp³-hybridized carbons (Fsp3) is 0.300. The number of nitrogens with one attached hydrogen (secondary N) is 2. The molecular weight excluding hydrogens is 370 g/mol. The van der Waals surface area contributed by atoms with E-state index in [0.717, 1.165) is 17.0 Å². The van der Waals surface area contributed by atoms with Gasteiger partial charge in [-0.15, -0.1) is 5.10 Å². The molecule has 0 unspecified atom stereocenters. The van der Waals surface area contributed by atoms with Crippen LogP contribution in [0.3, 0.4) is 0 Å². The zero-order chi connectivity index (χ0) is 20.8. The van der Waals surface area contributed by atoms with Gasteiger partial charge in [0.1, 0.15) is 11.4 Å². The van der Waals surface area contributed by atoms with Crippen LogP contribution in [0.15, 0.2) is 42.6 Å². The van der Waals surface area contributed by atoms with Gasteiger partial charge >= 0.3 is 0 Å². The van der Waals surface area contributed by atoms with Gasteiger partial charge in [-0.05, 0) is 18.2 Å². The third-order valence-corrected chi connectivity index (χ3v) is 4.35. The molecule has 0 saturated carbocycles. The summed E-state index contributed by atoms with van der Waals surface area (Å²) in [6.07, 6.45) is 1.69. The molecule has 2 aromatic heterocycles. The van der Waals surface area contributed by atoms with Gasteiger partial charge in [0, 0.05) is 45.9 Å². The smallest absolute Gasteiger partial charge is 0.269 e. The summed E-state index contributed by atoms with van der Waals surface area (Å²) in [5.41, 5.74) is 3.04. The van der Waals surface area contributed by atoms with Crippen LogP contribution >= 0.6 is 0 Å².